The topological polar surface area (TPSA) is 23.4 Å². The van der Waals surface area contributed by atoms with Crippen molar-refractivity contribution < 1.29 is 9.47 Å². The van der Waals surface area contributed by atoms with Gasteiger partial charge in [0.1, 0.15) is 0 Å². The highest BCUT2D eigenvalue weighted by atomic mass is 35.5. The highest BCUT2D eigenvalue weighted by Crippen LogP contribution is 2.42. The van der Waals surface area contributed by atoms with Gasteiger partial charge in [0.05, 0.1) is 18.2 Å². The third-order valence-corrected chi connectivity index (χ3v) is 4.70. The summed E-state index contributed by atoms with van der Waals surface area (Å²) in [5, 5.41) is 2.03. The zero-order valence-corrected chi connectivity index (χ0v) is 12.1. The Bertz CT molecular complexity index is 711. The Hall–Kier alpha value is -1.29. The van der Waals surface area contributed by atoms with Gasteiger partial charge in [-0.05, 0) is 18.9 Å². The smallest absolute Gasteiger partial charge is 0.181 e. The summed E-state index contributed by atoms with van der Waals surface area (Å²) in [5.41, 5.74) is 4.78. The number of ether oxygens (including phenoxy) is 2. The Morgan fingerprint density at radius 2 is 1.90 bits per heavy atom. The van der Waals surface area contributed by atoms with Crippen molar-refractivity contribution in [3.8, 4) is 0 Å². The molecule has 3 nitrogen and oxygen atoms in total. The van der Waals surface area contributed by atoms with Crippen LogP contribution in [-0.2, 0) is 22.9 Å². The van der Waals surface area contributed by atoms with Gasteiger partial charge in [0.25, 0.3) is 0 Å². The fourth-order valence-corrected chi connectivity index (χ4v) is 3.68. The molecule has 0 saturated carbocycles. The predicted molar refractivity (Wildman–Crippen MR) is 79.7 cm³/mol. The van der Waals surface area contributed by atoms with E-state index in [9.17, 15) is 0 Å². The second-order valence-corrected chi connectivity index (χ2v) is 5.69. The molecule has 1 aromatic heterocycles. The van der Waals surface area contributed by atoms with E-state index < -0.39 is 0 Å². The molecular formula is C16H16ClNO2. The third kappa shape index (κ3) is 1.67. The number of aryl methyl sites for hydroxylation is 1. The van der Waals surface area contributed by atoms with Crippen LogP contribution in [0.2, 0.25) is 0 Å². The summed E-state index contributed by atoms with van der Waals surface area (Å²) in [5.74, 6) is 0. The lowest BCUT2D eigenvalue weighted by Crippen LogP contribution is -2.17. The Labute approximate surface area is 122 Å². The summed E-state index contributed by atoms with van der Waals surface area (Å²) in [7, 11) is 2.11. The van der Waals surface area contributed by atoms with Crippen LogP contribution in [0, 0.1) is 0 Å². The van der Waals surface area contributed by atoms with Gasteiger partial charge in [-0.2, -0.15) is 0 Å². The molecule has 1 aliphatic carbocycles. The normalized spacial score (nSPS) is 19.9. The number of aromatic nitrogens is 1. The van der Waals surface area contributed by atoms with E-state index in [4.69, 9.17) is 21.1 Å². The number of para-hydroxylation sites is 1. The number of hydrogen-bond donors (Lipinski definition) is 0. The second-order valence-electron chi connectivity index (χ2n) is 5.31. The maximum absolute atomic E-state index is 6.69. The number of fused-ring (bicyclic) bond motifs is 3. The van der Waals surface area contributed by atoms with Crippen molar-refractivity contribution in [2.45, 2.75) is 19.1 Å². The zero-order valence-electron chi connectivity index (χ0n) is 11.4. The van der Waals surface area contributed by atoms with Crippen LogP contribution in [0.1, 0.15) is 17.7 Å². The lowest BCUT2D eigenvalue weighted by atomic mass is 9.95. The number of benzene rings is 1. The van der Waals surface area contributed by atoms with Gasteiger partial charge in [0, 0.05) is 34.8 Å². The molecule has 2 heterocycles. The number of hydrogen-bond acceptors (Lipinski definition) is 2. The SMILES string of the molecule is Cn1c2c(c3ccccc31)C(Cl)=C(C1OCCO1)CC2. The second kappa shape index (κ2) is 4.62. The summed E-state index contributed by atoms with van der Waals surface area (Å²) in [4.78, 5) is 0. The molecule has 1 fully saturated rings. The van der Waals surface area contributed by atoms with Crippen molar-refractivity contribution in [3.05, 3.63) is 41.1 Å². The lowest BCUT2D eigenvalue weighted by Gasteiger charge is -2.22. The Morgan fingerprint density at radius 3 is 2.70 bits per heavy atom. The first-order chi connectivity index (χ1) is 9.77. The minimum Gasteiger partial charge on any atom is -0.347 e. The molecule has 2 aliphatic rings. The molecule has 104 valence electrons. The van der Waals surface area contributed by atoms with Crippen molar-refractivity contribution in [3.63, 3.8) is 0 Å². The first-order valence-electron chi connectivity index (χ1n) is 6.96. The lowest BCUT2D eigenvalue weighted by molar-refractivity contribution is -0.0129. The van der Waals surface area contributed by atoms with Gasteiger partial charge in [-0.25, -0.2) is 0 Å². The van der Waals surface area contributed by atoms with Gasteiger partial charge in [-0.15, -0.1) is 0 Å². The molecule has 1 aliphatic heterocycles. The maximum Gasteiger partial charge on any atom is 0.181 e. The Kier molecular flexibility index (Phi) is 2.88. The summed E-state index contributed by atoms with van der Waals surface area (Å²) in [6, 6.07) is 8.40. The molecule has 2 aromatic rings. The van der Waals surface area contributed by atoms with E-state index in [1.807, 2.05) is 0 Å². The molecular weight excluding hydrogens is 274 g/mol. The third-order valence-electron chi connectivity index (χ3n) is 4.27. The zero-order chi connectivity index (χ0) is 13.7. The molecule has 0 N–H and O–H groups in total. The molecule has 0 unspecified atom stereocenters. The van der Waals surface area contributed by atoms with Crippen LogP contribution in [0.4, 0.5) is 0 Å². The Balaban J connectivity index is 1.94. The first kappa shape index (κ1) is 12.5. The standard InChI is InChI=1S/C16H16ClNO2/c1-18-12-5-3-2-4-10(12)14-13(18)7-6-11(15(14)17)16-19-8-9-20-16/h2-5,16H,6-9H2,1H3. The summed E-state index contributed by atoms with van der Waals surface area (Å²) in [6.45, 7) is 1.31. The van der Waals surface area contributed by atoms with Crippen LogP contribution in [-0.4, -0.2) is 24.1 Å². The molecule has 20 heavy (non-hydrogen) atoms. The van der Waals surface area contributed by atoms with E-state index in [1.165, 1.54) is 16.6 Å². The average Bonchev–Trinajstić information content (AvgIpc) is 3.08. The van der Waals surface area contributed by atoms with E-state index in [1.54, 1.807) is 0 Å². The largest absolute Gasteiger partial charge is 0.347 e. The van der Waals surface area contributed by atoms with Crippen LogP contribution in [0.3, 0.4) is 0 Å². The van der Waals surface area contributed by atoms with Crippen molar-refractivity contribution in [2.24, 2.45) is 7.05 Å². The quantitative estimate of drug-likeness (QED) is 0.803. The highest BCUT2D eigenvalue weighted by molar-refractivity contribution is 6.50. The number of rotatable bonds is 1. The van der Waals surface area contributed by atoms with Crippen molar-refractivity contribution in [2.75, 3.05) is 13.2 Å². The number of nitrogens with zero attached hydrogens (tertiary/aromatic N) is 1. The molecule has 1 saturated heterocycles. The van der Waals surface area contributed by atoms with Gasteiger partial charge in [-0.3, -0.25) is 0 Å². The van der Waals surface area contributed by atoms with Gasteiger partial charge < -0.3 is 14.0 Å². The van der Waals surface area contributed by atoms with Crippen molar-refractivity contribution >= 4 is 27.5 Å². The van der Waals surface area contributed by atoms with Crippen LogP contribution >= 0.6 is 11.6 Å². The van der Waals surface area contributed by atoms with Crippen LogP contribution < -0.4 is 0 Å². The molecule has 0 bridgehead atoms. The summed E-state index contributed by atoms with van der Waals surface area (Å²) >= 11 is 6.69. The fourth-order valence-electron chi connectivity index (χ4n) is 3.29. The average molecular weight is 290 g/mol. The first-order valence-corrected chi connectivity index (χ1v) is 7.33. The summed E-state index contributed by atoms with van der Waals surface area (Å²) < 4.78 is 13.5. The van der Waals surface area contributed by atoms with Gasteiger partial charge in [0.15, 0.2) is 6.29 Å². The molecule has 4 rings (SSSR count). The highest BCUT2D eigenvalue weighted by Gasteiger charge is 2.30. The Morgan fingerprint density at radius 1 is 1.15 bits per heavy atom. The predicted octanol–water partition coefficient (Wildman–Crippen LogP) is 3.45. The molecule has 0 amide bonds. The minimum atomic E-state index is -0.255. The van der Waals surface area contributed by atoms with E-state index >= 15 is 0 Å². The van der Waals surface area contributed by atoms with E-state index in [0.717, 1.165) is 29.0 Å². The van der Waals surface area contributed by atoms with Gasteiger partial charge in [0.2, 0.25) is 0 Å². The van der Waals surface area contributed by atoms with Crippen LogP contribution in [0.15, 0.2) is 29.8 Å². The molecule has 0 atom stereocenters. The molecule has 0 spiro atoms. The monoisotopic (exact) mass is 289 g/mol. The fraction of sp³-hybridized carbons (Fsp3) is 0.375. The summed E-state index contributed by atoms with van der Waals surface area (Å²) in [6.07, 6.45) is 1.63. The van der Waals surface area contributed by atoms with Gasteiger partial charge >= 0.3 is 0 Å². The molecule has 4 heteroatoms. The van der Waals surface area contributed by atoms with E-state index in [-0.39, 0.29) is 6.29 Å². The van der Waals surface area contributed by atoms with Crippen molar-refractivity contribution in [1.29, 1.82) is 0 Å². The molecule has 1 aromatic carbocycles. The van der Waals surface area contributed by atoms with Crippen molar-refractivity contribution in [1.82, 2.24) is 4.57 Å². The minimum absolute atomic E-state index is 0.255. The maximum atomic E-state index is 6.69. The molecule has 0 radical (unpaired) electrons. The van der Waals surface area contributed by atoms with Crippen LogP contribution in [0.25, 0.3) is 15.9 Å². The van der Waals surface area contributed by atoms with Crippen LogP contribution in [0.5, 0.6) is 0 Å². The number of halogens is 1. The van der Waals surface area contributed by atoms with E-state index in [2.05, 4.69) is 35.9 Å². The van der Waals surface area contributed by atoms with Gasteiger partial charge in [-0.1, -0.05) is 29.8 Å². The van der Waals surface area contributed by atoms with E-state index in [0.29, 0.717) is 13.2 Å².